The van der Waals surface area contributed by atoms with Crippen molar-refractivity contribution in [1.82, 2.24) is 4.90 Å². The van der Waals surface area contributed by atoms with E-state index >= 15 is 0 Å². The summed E-state index contributed by atoms with van der Waals surface area (Å²) in [5.41, 5.74) is 2.81. The Balaban J connectivity index is 1.60. The van der Waals surface area contributed by atoms with E-state index in [2.05, 4.69) is 24.3 Å². The fraction of sp³-hybridized carbons (Fsp3) is 0.562. The second kappa shape index (κ2) is 5.33. The summed E-state index contributed by atoms with van der Waals surface area (Å²) in [5, 5.41) is 9.29. The van der Waals surface area contributed by atoms with Crippen molar-refractivity contribution in [3.63, 3.8) is 0 Å². The van der Waals surface area contributed by atoms with Crippen LogP contribution in [0.15, 0.2) is 24.3 Å². The molecule has 1 aliphatic carbocycles. The molecule has 1 aromatic carbocycles. The first-order chi connectivity index (χ1) is 9.28. The summed E-state index contributed by atoms with van der Waals surface area (Å²) in [6.45, 7) is 0.931. The molecule has 0 saturated carbocycles. The highest BCUT2D eigenvalue weighted by Gasteiger charge is 2.31. The quantitative estimate of drug-likeness (QED) is 0.899. The average Bonchev–Trinajstić information content (AvgIpc) is 3.03. The fourth-order valence-electron chi connectivity index (χ4n) is 3.51. The fourth-order valence-corrected chi connectivity index (χ4v) is 3.51. The molecule has 1 aliphatic heterocycles. The number of amides is 1. The Morgan fingerprint density at radius 3 is 2.58 bits per heavy atom. The Morgan fingerprint density at radius 2 is 1.95 bits per heavy atom. The molecule has 1 amide bonds. The van der Waals surface area contributed by atoms with Crippen molar-refractivity contribution in [3.05, 3.63) is 35.4 Å². The van der Waals surface area contributed by atoms with Crippen LogP contribution in [0, 0.1) is 5.92 Å². The van der Waals surface area contributed by atoms with Gasteiger partial charge in [0, 0.05) is 13.0 Å². The average molecular weight is 259 g/mol. The zero-order valence-electron chi connectivity index (χ0n) is 11.2. The van der Waals surface area contributed by atoms with Gasteiger partial charge in [-0.15, -0.1) is 0 Å². The lowest BCUT2D eigenvalue weighted by atomic mass is 10.0. The molecule has 1 fully saturated rings. The van der Waals surface area contributed by atoms with Crippen molar-refractivity contribution in [3.8, 4) is 0 Å². The second-order valence-electron chi connectivity index (χ2n) is 5.81. The highest BCUT2D eigenvalue weighted by atomic mass is 16.3. The number of benzene rings is 1. The van der Waals surface area contributed by atoms with Gasteiger partial charge in [-0.05, 0) is 42.7 Å². The summed E-state index contributed by atoms with van der Waals surface area (Å²) < 4.78 is 0. The molecule has 3 nitrogen and oxygen atoms in total. The summed E-state index contributed by atoms with van der Waals surface area (Å²) in [6.07, 6.45) is 4.67. The van der Waals surface area contributed by atoms with Gasteiger partial charge in [-0.3, -0.25) is 4.79 Å². The second-order valence-corrected chi connectivity index (χ2v) is 5.81. The molecule has 3 rings (SSSR count). The van der Waals surface area contributed by atoms with E-state index in [0.29, 0.717) is 12.3 Å². The van der Waals surface area contributed by atoms with E-state index in [1.54, 1.807) is 0 Å². The zero-order valence-corrected chi connectivity index (χ0v) is 11.2. The Labute approximate surface area is 114 Å². The standard InChI is InChI=1S/C16H21NO2/c18-11-15-6-3-7-17(15)16(19)10-12-8-13-4-1-2-5-14(13)9-12/h1-2,4-5,12,15,18H,3,6-11H2/t15-/m0/s1. The molecule has 0 bridgehead atoms. The molecule has 102 valence electrons. The smallest absolute Gasteiger partial charge is 0.223 e. The van der Waals surface area contributed by atoms with Crippen molar-refractivity contribution in [2.75, 3.05) is 13.2 Å². The first kappa shape index (κ1) is 12.7. The molecule has 0 radical (unpaired) electrons. The highest BCUT2D eigenvalue weighted by molar-refractivity contribution is 5.77. The van der Waals surface area contributed by atoms with Gasteiger partial charge in [0.25, 0.3) is 0 Å². The lowest BCUT2D eigenvalue weighted by Gasteiger charge is -2.24. The van der Waals surface area contributed by atoms with E-state index in [1.165, 1.54) is 11.1 Å². The van der Waals surface area contributed by atoms with Gasteiger partial charge in [0.05, 0.1) is 12.6 Å². The number of likely N-dealkylation sites (tertiary alicyclic amines) is 1. The summed E-state index contributed by atoms with van der Waals surface area (Å²) in [7, 11) is 0. The van der Waals surface area contributed by atoms with Crippen LogP contribution in [0.3, 0.4) is 0 Å². The lowest BCUT2D eigenvalue weighted by molar-refractivity contribution is -0.133. The number of carbonyl (C=O) groups is 1. The van der Waals surface area contributed by atoms with Crippen LogP contribution in [0.2, 0.25) is 0 Å². The first-order valence-electron chi connectivity index (χ1n) is 7.25. The summed E-state index contributed by atoms with van der Waals surface area (Å²) in [5.74, 6) is 0.680. The molecule has 0 spiro atoms. The minimum atomic E-state index is 0.0660. The summed E-state index contributed by atoms with van der Waals surface area (Å²) in [4.78, 5) is 14.2. The van der Waals surface area contributed by atoms with Crippen molar-refractivity contribution < 1.29 is 9.90 Å². The summed E-state index contributed by atoms with van der Waals surface area (Å²) >= 11 is 0. The number of nitrogens with zero attached hydrogens (tertiary/aromatic N) is 1. The van der Waals surface area contributed by atoms with E-state index < -0.39 is 0 Å². The topological polar surface area (TPSA) is 40.5 Å². The minimum Gasteiger partial charge on any atom is -0.394 e. The molecule has 0 aromatic heterocycles. The Morgan fingerprint density at radius 1 is 1.26 bits per heavy atom. The number of aliphatic hydroxyl groups is 1. The number of hydrogen-bond acceptors (Lipinski definition) is 2. The lowest BCUT2D eigenvalue weighted by Crippen LogP contribution is -2.38. The van der Waals surface area contributed by atoms with Gasteiger partial charge in [-0.2, -0.15) is 0 Å². The maximum Gasteiger partial charge on any atom is 0.223 e. The van der Waals surface area contributed by atoms with Crippen LogP contribution in [-0.2, 0) is 17.6 Å². The van der Waals surface area contributed by atoms with Crippen molar-refractivity contribution >= 4 is 5.91 Å². The van der Waals surface area contributed by atoms with Crippen LogP contribution in [0.5, 0.6) is 0 Å². The number of aliphatic hydroxyl groups excluding tert-OH is 1. The number of rotatable bonds is 3. The molecular weight excluding hydrogens is 238 g/mol. The van der Waals surface area contributed by atoms with E-state index in [9.17, 15) is 9.90 Å². The predicted molar refractivity (Wildman–Crippen MR) is 73.8 cm³/mol. The van der Waals surface area contributed by atoms with Crippen LogP contribution < -0.4 is 0 Å². The maximum absolute atomic E-state index is 12.3. The van der Waals surface area contributed by atoms with Crippen molar-refractivity contribution in [2.24, 2.45) is 5.92 Å². The Bertz CT molecular complexity index is 447. The largest absolute Gasteiger partial charge is 0.394 e. The van der Waals surface area contributed by atoms with Gasteiger partial charge < -0.3 is 10.0 Å². The third kappa shape index (κ3) is 2.52. The minimum absolute atomic E-state index is 0.0660. The van der Waals surface area contributed by atoms with Crippen molar-refractivity contribution in [2.45, 2.75) is 38.1 Å². The number of fused-ring (bicyclic) bond motifs is 1. The van der Waals surface area contributed by atoms with Gasteiger partial charge in [0.2, 0.25) is 5.91 Å². The molecular formula is C16H21NO2. The first-order valence-corrected chi connectivity index (χ1v) is 7.25. The highest BCUT2D eigenvalue weighted by Crippen LogP contribution is 2.30. The normalized spacial score (nSPS) is 22.8. The molecule has 1 N–H and O–H groups in total. The molecule has 0 unspecified atom stereocenters. The zero-order chi connectivity index (χ0) is 13.2. The van der Waals surface area contributed by atoms with E-state index in [4.69, 9.17) is 0 Å². The molecule has 19 heavy (non-hydrogen) atoms. The predicted octanol–water partition coefficient (Wildman–Crippen LogP) is 1.77. The molecule has 1 saturated heterocycles. The number of carbonyl (C=O) groups excluding carboxylic acids is 1. The molecule has 1 aromatic rings. The summed E-state index contributed by atoms with van der Waals surface area (Å²) in [6, 6.07) is 8.56. The Kier molecular flexibility index (Phi) is 3.56. The van der Waals surface area contributed by atoms with Gasteiger partial charge in [-0.25, -0.2) is 0 Å². The van der Waals surface area contributed by atoms with Crippen LogP contribution in [0.4, 0.5) is 0 Å². The molecule has 2 aliphatic rings. The number of hydrogen-bond donors (Lipinski definition) is 1. The monoisotopic (exact) mass is 259 g/mol. The third-order valence-corrected chi connectivity index (χ3v) is 4.51. The molecule has 1 heterocycles. The van der Waals surface area contributed by atoms with Crippen molar-refractivity contribution in [1.29, 1.82) is 0 Å². The third-order valence-electron chi connectivity index (χ3n) is 4.51. The van der Waals surface area contributed by atoms with Gasteiger partial charge in [0.1, 0.15) is 0 Å². The van der Waals surface area contributed by atoms with Crippen LogP contribution in [0.25, 0.3) is 0 Å². The van der Waals surface area contributed by atoms with Gasteiger partial charge in [-0.1, -0.05) is 24.3 Å². The van der Waals surface area contributed by atoms with E-state index in [-0.39, 0.29) is 18.6 Å². The van der Waals surface area contributed by atoms with E-state index in [0.717, 1.165) is 32.2 Å². The van der Waals surface area contributed by atoms with Crippen LogP contribution in [0.1, 0.15) is 30.4 Å². The SMILES string of the molecule is O=C(CC1Cc2ccccc2C1)N1CCC[C@H]1CO. The van der Waals surface area contributed by atoms with Crippen LogP contribution >= 0.6 is 0 Å². The van der Waals surface area contributed by atoms with Crippen LogP contribution in [-0.4, -0.2) is 35.1 Å². The molecule has 1 atom stereocenters. The Hall–Kier alpha value is -1.35. The maximum atomic E-state index is 12.3. The van der Waals surface area contributed by atoms with E-state index in [1.807, 2.05) is 4.90 Å². The molecule has 3 heteroatoms. The van der Waals surface area contributed by atoms with Gasteiger partial charge in [0.15, 0.2) is 0 Å². The van der Waals surface area contributed by atoms with Gasteiger partial charge >= 0.3 is 0 Å².